The predicted octanol–water partition coefficient (Wildman–Crippen LogP) is 4.23. The van der Waals surface area contributed by atoms with Gasteiger partial charge in [-0.05, 0) is 44.1 Å². The summed E-state index contributed by atoms with van der Waals surface area (Å²) in [5.41, 5.74) is 0. The molecule has 1 nitrogen and oxygen atoms in total. The summed E-state index contributed by atoms with van der Waals surface area (Å²) >= 11 is 0. The Hall–Kier alpha value is -0.0400. The molecule has 0 saturated heterocycles. The second-order valence-corrected chi connectivity index (χ2v) is 6.02. The fourth-order valence-corrected chi connectivity index (χ4v) is 3.26. The molecule has 0 aliphatic heterocycles. The molecule has 0 bridgehead atoms. The maximum atomic E-state index is 3.47. The summed E-state index contributed by atoms with van der Waals surface area (Å²) in [4.78, 5) is 0. The first kappa shape index (κ1) is 14.0. The Bertz CT molecular complexity index is 176. The van der Waals surface area contributed by atoms with Crippen molar-refractivity contribution >= 4 is 0 Å². The van der Waals surface area contributed by atoms with Gasteiger partial charge in [0.15, 0.2) is 0 Å². The molecule has 3 atom stereocenters. The molecule has 1 aliphatic carbocycles. The maximum Gasteiger partial charge on any atom is 0.00871 e. The summed E-state index contributed by atoms with van der Waals surface area (Å²) in [6.45, 7) is 7.02. The van der Waals surface area contributed by atoms with Gasteiger partial charge in [-0.15, -0.1) is 0 Å². The summed E-state index contributed by atoms with van der Waals surface area (Å²) in [5, 5.41) is 3.47. The van der Waals surface area contributed by atoms with Gasteiger partial charge in [0, 0.05) is 6.04 Å². The lowest BCUT2D eigenvalue weighted by Gasteiger charge is -2.30. The molecule has 1 N–H and O–H groups in total. The van der Waals surface area contributed by atoms with Crippen LogP contribution in [0.2, 0.25) is 0 Å². The minimum absolute atomic E-state index is 0.724. The molecular weight excluding hydrogens is 194 g/mol. The number of nitrogens with one attached hydrogen (secondary N) is 1. The van der Waals surface area contributed by atoms with Gasteiger partial charge in [-0.1, -0.05) is 46.5 Å². The highest BCUT2D eigenvalue weighted by atomic mass is 14.9. The molecule has 1 fully saturated rings. The highest BCUT2D eigenvalue weighted by Gasteiger charge is 2.21. The lowest BCUT2D eigenvalue weighted by Crippen LogP contribution is -2.31. The molecule has 0 spiro atoms. The molecule has 96 valence electrons. The fourth-order valence-electron chi connectivity index (χ4n) is 3.26. The third-order valence-corrected chi connectivity index (χ3v) is 4.53. The molecule has 1 heteroatoms. The Morgan fingerprint density at radius 3 is 2.44 bits per heavy atom. The van der Waals surface area contributed by atoms with E-state index in [0.717, 1.165) is 23.8 Å². The van der Waals surface area contributed by atoms with Crippen molar-refractivity contribution in [1.29, 1.82) is 0 Å². The van der Waals surface area contributed by atoms with Gasteiger partial charge >= 0.3 is 0 Å². The molecule has 1 aliphatic rings. The smallest absolute Gasteiger partial charge is 0.00871 e. The van der Waals surface area contributed by atoms with Crippen molar-refractivity contribution in [2.75, 3.05) is 7.05 Å². The van der Waals surface area contributed by atoms with Crippen molar-refractivity contribution in [3.8, 4) is 0 Å². The van der Waals surface area contributed by atoms with Crippen molar-refractivity contribution in [3.63, 3.8) is 0 Å². The minimum atomic E-state index is 0.724. The zero-order valence-corrected chi connectivity index (χ0v) is 11.8. The molecule has 0 heterocycles. The van der Waals surface area contributed by atoms with Crippen LogP contribution in [-0.2, 0) is 0 Å². The van der Waals surface area contributed by atoms with Crippen LogP contribution in [0.25, 0.3) is 0 Å². The van der Waals surface area contributed by atoms with E-state index in [-0.39, 0.29) is 0 Å². The van der Waals surface area contributed by atoms with Crippen LogP contribution in [0.3, 0.4) is 0 Å². The van der Waals surface area contributed by atoms with Gasteiger partial charge in [0.05, 0.1) is 0 Å². The summed E-state index contributed by atoms with van der Waals surface area (Å²) < 4.78 is 0. The standard InChI is InChI=1S/C15H31N/c1-5-13-7-6-8-14(11-13)9-10-15(16-4)12(2)3/h12-16H,5-11H2,1-4H3. The Morgan fingerprint density at radius 2 is 1.88 bits per heavy atom. The lowest BCUT2D eigenvalue weighted by molar-refractivity contribution is 0.233. The first-order valence-corrected chi connectivity index (χ1v) is 7.34. The van der Waals surface area contributed by atoms with E-state index in [0.29, 0.717) is 0 Å². The number of hydrogen-bond donors (Lipinski definition) is 1. The van der Waals surface area contributed by atoms with Gasteiger partial charge in [0.25, 0.3) is 0 Å². The van der Waals surface area contributed by atoms with Crippen LogP contribution < -0.4 is 5.32 Å². The lowest BCUT2D eigenvalue weighted by atomic mass is 9.77. The van der Waals surface area contributed by atoms with E-state index < -0.39 is 0 Å². The zero-order valence-electron chi connectivity index (χ0n) is 11.8. The van der Waals surface area contributed by atoms with Gasteiger partial charge in [-0.25, -0.2) is 0 Å². The quantitative estimate of drug-likeness (QED) is 0.713. The van der Waals surface area contributed by atoms with Gasteiger partial charge in [0.1, 0.15) is 0 Å². The van der Waals surface area contributed by atoms with E-state index in [4.69, 9.17) is 0 Å². The highest BCUT2D eigenvalue weighted by molar-refractivity contribution is 4.76. The second-order valence-electron chi connectivity index (χ2n) is 6.02. The van der Waals surface area contributed by atoms with Crippen molar-refractivity contribution in [3.05, 3.63) is 0 Å². The summed E-state index contributed by atoms with van der Waals surface area (Å²) in [6.07, 6.45) is 10.2. The molecule has 1 saturated carbocycles. The van der Waals surface area contributed by atoms with Crippen molar-refractivity contribution in [2.24, 2.45) is 17.8 Å². The Morgan fingerprint density at radius 1 is 1.19 bits per heavy atom. The molecule has 16 heavy (non-hydrogen) atoms. The molecular formula is C15H31N. The summed E-state index contributed by atoms with van der Waals surface area (Å²) in [7, 11) is 2.11. The molecule has 0 aromatic heterocycles. The number of hydrogen-bond acceptors (Lipinski definition) is 1. The zero-order chi connectivity index (χ0) is 12.0. The average molecular weight is 225 g/mol. The molecule has 3 unspecified atom stereocenters. The van der Waals surface area contributed by atoms with Crippen molar-refractivity contribution in [1.82, 2.24) is 5.32 Å². The second kappa shape index (κ2) is 7.32. The fraction of sp³-hybridized carbons (Fsp3) is 1.00. The van der Waals surface area contributed by atoms with E-state index in [9.17, 15) is 0 Å². The third-order valence-electron chi connectivity index (χ3n) is 4.53. The van der Waals surface area contributed by atoms with Crippen LogP contribution in [-0.4, -0.2) is 13.1 Å². The highest BCUT2D eigenvalue weighted by Crippen LogP contribution is 2.34. The summed E-state index contributed by atoms with van der Waals surface area (Å²) in [6, 6.07) is 0.724. The van der Waals surface area contributed by atoms with Gasteiger partial charge in [-0.3, -0.25) is 0 Å². The first-order chi connectivity index (χ1) is 7.67. The van der Waals surface area contributed by atoms with Crippen LogP contribution >= 0.6 is 0 Å². The largest absolute Gasteiger partial charge is 0.317 e. The van der Waals surface area contributed by atoms with Crippen LogP contribution in [0.5, 0.6) is 0 Å². The van der Waals surface area contributed by atoms with Crippen LogP contribution in [0.1, 0.15) is 65.7 Å². The van der Waals surface area contributed by atoms with Crippen LogP contribution in [0.4, 0.5) is 0 Å². The Labute approximate surface area is 102 Å². The molecule has 0 aromatic carbocycles. The molecule has 1 rings (SSSR count). The van der Waals surface area contributed by atoms with Crippen molar-refractivity contribution < 1.29 is 0 Å². The van der Waals surface area contributed by atoms with Crippen molar-refractivity contribution in [2.45, 2.75) is 71.8 Å². The van der Waals surface area contributed by atoms with Gasteiger partial charge < -0.3 is 5.32 Å². The molecule has 0 aromatic rings. The Kier molecular flexibility index (Phi) is 6.41. The monoisotopic (exact) mass is 225 g/mol. The SMILES string of the molecule is CCC1CCCC(CCC(NC)C(C)C)C1. The normalized spacial score (nSPS) is 28.3. The number of rotatable bonds is 6. The maximum absolute atomic E-state index is 3.47. The van der Waals surface area contributed by atoms with E-state index in [1.54, 1.807) is 0 Å². The van der Waals surface area contributed by atoms with E-state index >= 15 is 0 Å². The van der Waals surface area contributed by atoms with Crippen LogP contribution in [0, 0.1) is 17.8 Å². The predicted molar refractivity (Wildman–Crippen MR) is 72.7 cm³/mol. The third kappa shape index (κ3) is 4.45. The van der Waals surface area contributed by atoms with Gasteiger partial charge in [-0.2, -0.15) is 0 Å². The topological polar surface area (TPSA) is 12.0 Å². The summed E-state index contributed by atoms with van der Waals surface area (Å²) in [5.74, 6) is 2.83. The first-order valence-electron chi connectivity index (χ1n) is 7.34. The Balaban J connectivity index is 2.25. The minimum Gasteiger partial charge on any atom is -0.317 e. The average Bonchev–Trinajstić information content (AvgIpc) is 2.29. The molecule has 0 radical (unpaired) electrons. The van der Waals surface area contributed by atoms with Gasteiger partial charge in [0.2, 0.25) is 0 Å². The van der Waals surface area contributed by atoms with E-state index in [1.165, 1.54) is 44.9 Å². The van der Waals surface area contributed by atoms with E-state index in [2.05, 4.69) is 33.1 Å². The van der Waals surface area contributed by atoms with E-state index in [1.807, 2.05) is 0 Å². The molecule has 0 amide bonds. The van der Waals surface area contributed by atoms with Crippen LogP contribution in [0.15, 0.2) is 0 Å².